The molecular formula is C11H6F3NO2. The van der Waals surface area contributed by atoms with E-state index in [4.69, 9.17) is 0 Å². The molecule has 1 aromatic carbocycles. The quantitative estimate of drug-likeness (QED) is 0.759. The molecule has 0 saturated heterocycles. The van der Waals surface area contributed by atoms with Crippen LogP contribution in [0.4, 0.5) is 13.2 Å². The number of carbonyl (C=O) groups is 1. The number of hydrogen-bond donors (Lipinski definition) is 0. The molecule has 2 rings (SSSR count). The Bertz CT molecular complexity index is 566. The summed E-state index contributed by atoms with van der Waals surface area (Å²) in [5.74, 6) is -0.418. The minimum atomic E-state index is -4.78. The van der Waals surface area contributed by atoms with Gasteiger partial charge in [0.2, 0.25) is 0 Å². The van der Waals surface area contributed by atoms with Gasteiger partial charge in [0.1, 0.15) is 5.52 Å². The molecule has 0 aliphatic carbocycles. The summed E-state index contributed by atoms with van der Waals surface area (Å²) in [5.41, 5.74) is 0.275. The van der Waals surface area contributed by atoms with E-state index in [9.17, 15) is 18.0 Å². The summed E-state index contributed by atoms with van der Waals surface area (Å²) in [6.45, 7) is 0. The zero-order chi connectivity index (χ0) is 12.5. The third-order valence-corrected chi connectivity index (χ3v) is 2.12. The van der Waals surface area contributed by atoms with Crippen molar-refractivity contribution in [1.29, 1.82) is 0 Å². The van der Waals surface area contributed by atoms with Gasteiger partial charge < -0.3 is 4.74 Å². The van der Waals surface area contributed by atoms with Gasteiger partial charge in [0.25, 0.3) is 0 Å². The zero-order valence-corrected chi connectivity index (χ0v) is 8.36. The number of alkyl halides is 3. The fourth-order valence-corrected chi connectivity index (χ4v) is 1.48. The van der Waals surface area contributed by atoms with Crippen molar-refractivity contribution in [3.8, 4) is 5.75 Å². The number of carbonyl (C=O) groups excluding carboxylic acids is 1. The van der Waals surface area contributed by atoms with Crippen LogP contribution >= 0.6 is 0 Å². The van der Waals surface area contributed by atoms with Gasteiger partial charge >= 0.3 is 6.36 Å². The molecule has 0 N–H and O–H groups in total. The summed E-state index contributed by atoms with van der Waals surface area (Å²) in [5, 5.41) is 0.323. The summed E-state index contributed by atoms with van der Waals surface area (Å²) in [7, 11) is 0. The lowest BCUT2D eigenvalue weighted by atomic mass is 10.1. The van der Waals surface area contributed by atoms with Crippen LogP contribution in [-0.2, 0) is 0 Å². The molecule has 0 fully saturated rings. The Kier molecular flexibility index (Phi) is 2.71. The Morgan fingerprint density at radius 1 is 1.24 bits per heavy atom. The van der Waals surface area contributed by atoms with Gasteiger partial charge in [-0.3, -0.25) is 9.78 Å². The summed E-state index contributed by atoms with van der Waals surface area (Å²) >= 11 is 0. The van der Waals surface area contributed by atoms with Gasteiger partial charge in [-0.2, -0.15) is 0 Å². The standard InChI is InChI=1S/C11H6F3NO2/c12-11(13,14)17-9-3-1-2-8-7(6-16)4-5-15-10(8)9/h1-6H. The van der Waals surface area contributed by atoms with E-state index >= 15 is 0 Å². The Labute approximate surface area is 93.8 Å². The smallest absolute Gasteiger partial charge is 0.403 e. The van der Waals surface area contributed by atoms with Crippen LogP contribution in [0.5, 0.6) is 5.75 Å². The summed E-state index contributed by atoms with van der Waals surface area (Å²) < 4.78 is 40.2. The van der Waals surface area contributed by atoms with E-state index in [-0.39, 0.29) is 11.1 Å². The lowest BCUT2D eigenvalue weighted by molar-refractivity contribution is -0.274. The van der Waals surface area contributed by atoms with E-state index in [1.807, 2.05) is 0 Å². The minimum Gasteiger partial charge on any atom is -0.403 e. The highest BCUT2D eigenvalue weighted by Crippen LogP contribution is 2.29. The van der Waals surface area contributed by atoms with Crippen molar-refractivity contribution in [2.45, 2.75) is 6.36 Å². The van der Waals surface area contributed by atoms with E-state index in [1.54, 1.807) is 0 Å². The van der Waals surface area contributed by atoms with E-state index in [0.29, 0.717) is 11.7 Å². The molecule has 0 amide bonds. The molecule has 1 aromatic heterocycles. The van der Waals surface area contributed by atoms with Crippen LogP contribution in [0.3, 0.4) is 0 Å². The van der Waals surface area contributed by atoms with Crippen LogP contribution in [0.15, 0.2) is 30.5 Å². The first-order valence-electron chi connectivity index (χ1n) is 4.60. The average molecular weight is 241 g/mol. The fraction of sp³-hybridized carbons (Fsp3) is 0.0909. The van der Waals surface area contributed by atoms with Crippen LogP contribution in [0.2, 0.25) is 0 Å². The highest BCUT2D eigenvalue weighted by atomic mass is 19.4. The Balaban J connectivity index is 2.62. The fourth-order valence-electron chi connectivity index (χ4n) is 1.48. The molecular weight excluding hydrogens is 235 g/mol. The molecule has 3 nitrogen and oxygen atoms in total. The summed E-state index contributed by atoms with van der Waals surface area (Å²) in [6, 6.07) is 5.46. The monoisotopic (exact) mass is 241 g/mol. The number of rotatable bonds is 2. The molecule has 17 heavy (non-hydrogen) atoms. The topological polar surface area (TPSA) is 39.2 Å². The summed E-state index contributed by atoms with van der Waals surface area (Å²) in [6.07, 6.45) is -2.97. The summed E-state index contributed by atoms with van der Waals surface area (Å²) in [4.78, 5) is 14.5. The number of nitrogens with zero attached hydrogens (tertiary/aromatic N) is 1. The molecule has 0 atom stereocenters. The first-order chi connectivity index (χ1) is 8.01. The largest absolute Gasteiger partial charge is 0.573 e. The molecule has 0 aliphatic heterocycles. The molecule has 6 heteroatoms. The Morgan fingerprint density at radius 3 is 2.65 bits per heavy atom. The number of para-hydroxylation sites is 1. The number of ether oxygens (including phenoxy) is 1. The van der Waals surface area contributed by atoms with Crippen molar-refractivity contribution in [2.75, 3.05) is 0 Å². The lowest BCUT2D eigenvalue weighted by Gasteiger charge is -2.10. The normalized spacial score (nSPS) is 11.5. The van der Waals surface area contributed by atoms with Crippen molar-refractivity contribution < 1.29 is 22.7 Å². The molecule has 0 saturated carbocycles. The maximum Gasteiger partial charge on any atom is 0.573 e. The van der Waals surface area contributed by atoms with Crippen LogP contribution in [0.1, 0.15) is 10.4 Å². The predicted molar refractivity (Wildman–Crippen MR) is 53.8 cm³/mol. The number of benzene rings is 1. The zero-order valence-electron chi connectivity index (χ0n) is 8.36. The van der Waals surface area contributed by atoms with E-state index in [0.717, 1.165) is 6.07 Å². The second-order valence-corrected chi connectivity index (χ2v) is 3.22. The van der Waals surface area contributed by atoms with Crippen molar-refractivity contribution in [2.24, 2.45) is 0 Å². The van der Waals surface area contributed by atoms with Crippen LogP contribution in [0.25, 0.3) is 10.9 Å². The molecule has 0 unspecified atom stereocenters. The SMILES string of the molecule is O=Cc1ccnc2c(OC(F)(F)F)cccc12. The third kappa shape index (κ3) is 2.35. The molecule has 0 bridgehead atoms. The maximum absolute atomic E-state index is 12.1. The van der Waals surface area contributed by atoms with Crippen molar-refractivity contribution in [1.82, 2.24) is 4.98 Å². The third-order valence-electron chi connectivity index (χ3n) is 2.12. The van der Waals surface area contributed by atoms with Crippen LogP contribution in [-0.4, -0.2) is 17.6 Å². The van der Waals surface area contributed by atoms with Gasteiger partial charge in [0.05, 0.1) is 0 Å². The highest BCUT2D eigenvalue weighted by Gasteiger charge is 2.32. The van der Waals surface area contributed by atoms with Gasteiger partial charge in [0.15, 0.2) is 12.0 Å². The van der Waals surface area contributed by atoms with E-state index in [1.165, 1.54) is 24.4 Å². The number of fused-ring (bicyclic) bond motifs is 1. The second kappa shape index (κ2) is 4.04. The molecule has 2 aromatic rings. The van der Waals surface area contributed by atoms with E-state index in [2.05, 4.69) is 9.72 Å². The highest BCUT2D eigenvalue weighted by molar-refractivity contribution is 5.98. The number of aldehydes is 1. The molecule has 0 aliphatic rings. The number of pyridine rings is 1. The predicted octanol–water partition coefficient (Wildman–Crippen LogP) is 2.95. The Morgan fingerprint density at radius 2 is 2.00 bits per heavy atom. The minimum absolute atomic E-state index is 0.00873. The van der Waals surface area contributed by atoms with Gasteiger partial charge in [-0.05, 0) is 12.1 Å². The molecule has 0 spiro atoms. The van der Waals surface area contributed by atoms with Gasteiger partial charge in [0, 0.05) is 17.1 Å². The van der Waals surface area contributed by atoms with Gasteiger partial charge in [-0.25, -0.2) is 0 Å². The number of aromatic nitrogens is 1. The maximum atomic E-state index is 12.1. The first kappa shape index (κ1) is 11.4. The number of hydrogen-bond acceptors (Lipinski definition) is 3. The van der Waals surface area contributed by atoms with Crippen molar-refractivity contribution in [3.05, 3.63) is 36.0 Å². The lowest BCUT2D eigenvalue weighted by Crippen LogP contribution is -2.17. The van der Waals surface area contributed by atoms with Gasteiger partial charge in [-0.1, -0.05) is 12.1 Å². The molecule has 1 heterocycles. The molecule has 88 valence electrons. The van der Waals surface area contributed by atoms with Gasteiger partial charge in [-0.15, -0.1) is 13.2 Å². The van der Waals surface area contributed by atoms with Crippen molar-refractivity contribution >= 4 is 17.2 Å². The van der Waals surface area contributed by atoms with Crippen molar-refractivity contribution in [3.63, 3.8) is 0 Å². The van der Waals surface area contributed by atoms with Crippen LogP contribution in [0, 0.1) is 0 Å². The van der Waals surface area contributed by atoms with E-state index < -0.39 is 12.1 Å². The van der Waals surface area contributed by atoms with Crippen LogP contribution < -0.4 is 4.74 Å². The number of halogens is 3. The molecule has 0 radical (unpaired) electrons. The second-order valence-electron chi connectivity index (χ2n) is 3.22. The Hall–Kier alpha value is -2.11. The average Bonchev–Trinajstić information content (AvgIpc) is 2.27. The first-order valence-corrected chi connectivity index (χ1v) is 4.60.